The Morgan fingerprint density at radius 3 is 2.54 bits per heavy atom. The zero-order valence-corrected chi connectivity index (χ0v) is 16.6. The van der Waals surface area contributed by atoms with Gasteiger partial charge in [0.1, 0.15) is 6.10 Å². The predicted octanol–water partition coefficient (Wildman–Crippen LogP) is 2.90. The minimum atomic E-state index is -0.854. The van der Waals surface area contributed by atoms with Crippen LogP contribution in [0.25, 0.3) is 0 Å². The summed E-state index contributed by atoms with van der Waals surface area (Å²) in [4.78, 5) is 10.4. The molecule has 0 spiro atoms. The molecule has 0 saturated carbocycles. The van der Waals surface area contributed by atoms with Crippen LogP contribution < -0.4 is 0 Å². The van der Waals surface area contributed by atoms with Gasteiger partial charge in [-0.15, -0.1) is 0 Å². The van der Waals surface area contributed by atoms with Crippen molar-refractivity contribution < 1.29 is 30.0 Å². The van der Waals surface area contributed by atoms with Gasteiger partial charge in [0.2, 0.25) is 0 Å². The monoisotopic (exact) mass is 394 g/mol. The van der Waals surface area contributed by atoms with Gasteiger partial charge in [-0.2, -0.15) is 0 Å². The summed E-state index contributed by atoms with van der Waals surface area (Å²) in [6.07, 6.45) is 15.1. The first-order valence-electron chi connectivity index (χ1n) is 9.98. The van der Waals surface area contributed by atoms with Gasteiger partial charge in [0, 0.05) is 12.8 Å². The number of hydrogen-bond acceptors (Lipinski definition) is 5. The predicted molar refractivity (Wildman–Crippen MR) is 109 cm³/mol. The van der Waals surface area contributed by atoms with E-state index in [1.807, 2.05) is 12.2 Å². The molecular formula is C22H34O6. The maximum Gasteiger partial charge on any atom is 0.303 e. The van der Waals surface area contributed by atoms with E-state index in [4.69, 9.17) is 9.84 Å². The molecule has 0 amide bonds. The summed E-state index contributed by atoms with van der Waals surface area (Å²) in [6.45, 7) is 2.08. The molecule has 1 saturated heterocycles. The van der Waals surface area contributed by atoms with Gasteiger partial charge in [0.05, 0.1) is 24.4 Å². The molecule has 1 aliphatic heterocycles. The second-order valence-electron chi connectivity index (χ2n) is 6.92. The van der Waals surface area contributed by atoms with Gasteiger partial charge in [-0.1, -0.05) is 55.5 Å². The first-order chi connectivity index (χ1) is 13.4. The van der Waals surface area contributed by atoms with Crippen LogP contribution in [0.1, 0.15) is 51.9 Å². The number of hydrogen-bond donors (Lipinski definition) is 4. The van der Waals surface area contributed by atoms with Gasteiger partial charge in [-0.3, -0.25) is 4.79 Å². The number of aliphatic carboxylic acids is 1. The van der Waals surface area contributed by atoms with Crippen molar-refractivity contribution >= 4 is 5.97 Å². The van der Waals surface area contributed by atoms with Gasteiger partial charge in [-0.25, -0.2) is 0 Å². The lowest BCUT2D eigenvalue weighted by atomic mass is 10.0. The number of carbonyl (C=O) groups is 1. The van der Waals surface area contributed by atoms with Crippen LogP contribution in [0.5, 0.6) is 0 Å². The standard InChI is InChI=1S/C22H34O6/c1-2-3-4-5-6-8-11-17(23)14-15-20-19(25)16-21(28-20)18(24)12-9-7-10-13-22(26)27/h3-4,6-9,14-15,17-21,23-25H,2,5,10-13,16H2,1H3,(H,26,27)/b4-3-,8-6-,9-7-,15-14+. The van der Waals surface area contributed by atoms with E-state index in [0.29, 0.717) is 25.7 Å². The lowest BCUT2D eigenvalue weighted by molar-refractivity contribution is -0.136. The summed E-state index contributed by atoms with van der Waals surface area (Å²) in [6, 6.07) is 0. The van der Waals surface area contributed by atoms with Crippen LogP contribution >= 0.6 is 0 Å². The Balaban J connectivity index is 2.34. The number of ether oxygens (including phenoxy) is 1. The molecule has 5 unspecified atom stereocenters. The molecule has 1 heterocycles. The molecule has 28 heavy (non-hydrogen) atoms. The second kappa shape index (κ2) is 14.3. The molecule has 1 rings (SSSR count). The number of allylic oxidation sites excluding steroid dienone is 4. The van der Waals surface area contributed by atoms with Gasteiger partial charge < -0.3 is 25.2 Å². The lowest BCUT2D eigenvalue weighted by Gasteiger charge is -2.16. The highest BCUT2D eigenvalue weighted by Crippen LogP contribution is 2.25. The van der Waals surface area contributed by atoms with Crippen molar-refractivity contribution in [2.45, 2.75) is 82.4 Å². The average Bonchev–Trinajstić information content (AvgIpc) is 3.03. The normalized spacial score (nSPS) is 25.5. The Bertz CT molecular complexity index is 551. The molecule has 0 aliphatic carbocycles. The van der Waals surface area contributed by atoms with Crippen molar-refractivity contribution in [3.63, 3.8) is 0 Å². The van der Waals surface area contributed by atoms with E-state index in [9.17, 15) is 20.1 Å². The van der Waals surface area contributed by atoms with Crippen LogP contribution in [-0.2, 0) is 9.53 Å². The number of carboxylic acids is 1. The minimum Gasteiger partial charge on any atom is -0.481 e. The molecule has 0 aromatic rings. The Morgan fingerprint density at radius 1 is 1.11 bits per heavy atom. The van der Waals surface area contributed by atoms with Crippen LogP contribution in [0.15, 0.2) is 48.6 Å². The highest BCUT2D eigenvalue weighted by atomic mass is 16.5. The van der Waals surface area contributed by atoms with Crippen molar-refractivity contribution in [2.24, 2.45) is 0 Å². The molecule has 5 atom stereocenters. The highest BCUT2D eigenvalue weighted by molar-refractivity contribution is 5.66. The molecule has 0 aromatic carbocycles. The van der Waals surface area contributed by atoms with Crippen LogP contribution in [-0.4, -0.2) is 56.9 Å². The van der Waals surface area contributed by atoms with Crippen LogP contribution in [0, 0.1) is 0 Å². The number of rotatable bonds is 13. The third-order valence-electron chi connectivity index (χ3n) is 4.42. The largest absolute Gasteiger partial charge is 0.481 e. The minimum absolute atomic E-state index is 0.0606. The Morgan fingerprint density at radius 2 is 1.82 bits per heavy atom. The topological polar surface area (TPSA) is 107 Å². The van der Waals surface area contributed by atoms with Crippen LogP contribution in [0.3, 0.4) is 0 Å². The summed E-state index contributed by atoms with van der Waals surface area (Å²) >= 11 is 0. The average molecular weight is 395 g/mol. The van der Waals surface area contributed by atoms with Gasteiger partial charge in [-0.05, 0) is 32.1 Å². The quantitative estimate of drug-likeness (QED) is 0.358. The molecule has 4 N–H and O–H groups in total. The Hall–Kier alpha value is -1.73. The van der Waals surface area contributed by atoms with Crippen LogP contribution in [0.2, 0.25) is 0 Å². The summed E-state index contributed by atoms with van der Waals surface area (Å²) < 4.78 is 5.70. The number of aliphatic hydroxyl groups excluding tert-OH is 3. The summed E-state index contributed by atoms with van der Waals surface area (Å²) in [5, 5.41) is 38.9. The van der Waals surface area contributed by atoms with Crippen molar-refractivity contribution in [3.05, 3.63) is 48.6 Å². The van der Waals surface area contributed by atoms with Crippen molar-refractivity contribution in [1.82, 2.24) is 0 Å². The molecular weight excluding hydrogens is 360 g/mol. The third kappa shape index (κ3) is 10.6. The summed E-state index contributed by atoms with van der Waals surface area (Å²) in [7, 11) is 0. The van der Waals surface area contributed by atoms with E-state index in [0.717, 1.165) is 12.8 Å². The Labute approximate surface area is 167 Å². The second-order valence-corrected chi connectivity index (χ2v) is 6.92. The zero-order chi connectivity index (χ0) is 20.8. The number of carboxylic acid groups (broad SMARTS) is 1. The molecule has 1 aliphatic rings. The molecule has 1 fully saturated rings. The molecule has 0 aromatic heterocycles. The fraction of sp³-hybridized carbons (Fsp3) is 0.591. The fourth-order valence-corrected chi connectivity index (χ4v) is 2.84. The molecule has 158 valence electrons. The van der Waals surface area contributed by atoms with Gasteiger partial charge >= 0.3 is 5.97 Å². The fourth-order valence-electron chi connectivity index (χ4n) is 2.84. The first-order valence-corrected chi connectivity index (χ1v) is 9.98. The number of aliphatic hydroxyl groups is 3. The molecule has 0 radical (unpaired) electrons. The van der Waals surface area contributed by atoms with Crippen molar-refractivity contribution in [1.29, 1.82) is 0 Å². The smallest absolute Gasteiger partial charge is 0.303 e. The highest BCUT2D eigenvalue weighted by Gasteiger charge is 2.35. The van der Waals surface area contributed by atoms with E-state index >= 15 is 0 Å². The SMILES string of the molecule is CC/C=C\C/C=C\CC(O)/C=C/C1OC(C(O)C/C=C\CCC(=O)O)CC1O. The lowest BCUT2D eigenvalue weighted by Crippen LogP contribution is -2.25. The summed E-state index contributed by atoms with van der Waals surface area (Å²) in [5.74, 6) is -0.854. The van der Waals surface area contributed by atoms with Gasteiger partial charge in [0.15, 0.2) is 0 Å². The summed E-state index contributed by atoms with van der Waals surface area (Å²) in [5.41, 5.74) is 0. The van der Waals surface area contributed by atoms with Gasteiger partial charge in [0.25, 0.3) is 0 Å². The van der Waals surface area contributed by atoms with Crippen molar-refractivity contribution in [3.8, 4) is 0 Å². The third-order valence-corrected chi connectivity index (χ3v) is 4.42. The molecule has 6 nitrogen and oxygen atoms in total. The van der Waals surface area contributed by atoms with E-state index in [1.165, 1.54) is 0 Å². The van der Waals surface area contributed by atoms with Crippen LogP contribution in [0.4, 0.5) is 0 Å². The molecule has 6 heteroatoms. The van der Waals surface area contributed by atoms with E-state index in [2.05, 4.69) is 19.1 Å². The zero-order valence-electron chi connectivity index (χ0n) is 16.6. The first kappa shape index (κ1) is 24.3. The Kier molecular flexibility index (Phi) is 12.4. The van der Waals surface area contributed by atoms with E-state index in [-0.39, 0.29) is 6.42 Å². The van der Waals surface area contributed by atoms with E-state index < -0.39 is 36.5 Å². The molecule has 0 bridgehead atoms. The maximum absolute atomic E-state index is 10.4. The maximum atomic E-state index is 10.4. The van der Waals surface area contributed by atoms with Crippen molar-refractivity contribution in [2.75, 3.05) is 0 Å². The van der Waals surface area contributed by atoms with E-state index in [1.54, 1.807) is 24.3 Å².